The number of nitro benzene ring substituents is 3. The lowest BCUT2D eigenvalue weighted by Gasteiger charge is -2.24. The molecule has 0 spiro atoms. The van der Waals surface area contributed by atoms with Crippen LogP contribution in [0.1, 0.15) is 20.8 Å². The summed E-state index contributed by atoms with van der Waals surface area (Å²) in [6, 6.07) is 1.28. The smallest absolute Gasteiger partial charge is 0.258 e. The van der Waals surface area contributed by atoms with Gasteiger partial charge in [0.25, 0.3) is 5.69 Å². The van der Waals surface area contributed by atoms with Gasteiger partial charge in [0, 0.05) is 15.5 Å². The van der Waals surface area contributed by atoms with Gasteiger partial charge < -0.3 is 0 Å². The van der Waals surface area contributed by atoms with Crippen LogP contribution in [0.4, 0.5) is 22.7 Å². The summed E-state index contributed by atoms with van der Waals surface area (Å²) in [5.41, 5.74) is -3.14. The van der Waals surface area contributed by atoms with Crippen molar-refractivity contribution in [3.05, 3.63) is 47.3 Å². The third-order valence-corrected chi connectivity index (χ3v) is 6.51. The molecular weight excluding hydrogens is 509 g/mol. The standard InChI is InChI=1S/C13H14IN7O6S/c1-13(2,3)10(14)6-18-12(28-17-16-18)15-11-8(20(24)25)4-7(19(22)23)5-9(11)21(26)27/h4-5,10H,6H2,1-3H3/t10-/m0/s1. The van der Waals surface area contributed by atoms with Crippen LogP contribution in [0.15, 0.2) is 17.1 Å². The average molecular weight is 523 g/mol. The maximum Gasteiger partial charge on any atom is 0.308 e. The third kappa shape index (κ3) is 4.83. The topological polar surface area (TPSA) is 172 Å². The van der Waals surface area contributed by atoms with Crippen molar-refractivity contribution in [2.75, 3.05) is 0 Å². The van der Waals surface area contributed by atoms with E-state index in [1.807, 2.05) is 20.8 Å². The molecule has 2 rings (SSSR count). The molecule has 150 valence electrons. The fraction of sp³-hybridized carbons (Fsp3) is 0.462. The van der Waals surface area contributed by atoms with Crippen molar-refractivity contribution in [2.45, 2.75) is 31.2 Å². The van der Waals surface area contributed by atoms with E-state index in [-0.39, 0.29) is 14.1 Å². The molecule has 0 amide bonds. The zero-order chi connectivity index (χ0) is 21.2. The number of nitrogens with zero attached hydrogens (tertiary/aromatic N) is 7. The molecule has 13 nitrogen and oxygen atoms in total. The zero-order valence-electron chi connectivity index (χ0n) is 14.8. The highest BCUT2D eigenvalue weighted by Gasteiger charge is 2.31. The van der Waals surface area contributed by atoms with E-state index in [0.717, 1.165) is 11.5 Å². The molecule has 2 aromatic rings. The lowest BCUT2D eigenvalue weighted by molar-refractivity contribution is -0.402. The van der Waals surface area contributed by atoms with Gasteiger partial charge in [0.1, 0.15) is 0 Å². The van der Waals surface area contributed by atoms with E-state index in [9.17, 15) is 30.3 Å². The Kier molecular flexibility index (Phi) is 6.37. The van der Waals surface area contributed by atoms with Crippen LogP contribution in [0.3, 0.4) is 0 Å². The second-order valence-corrected chi connectivity index (χ2v) is 8.89. The van der Waals surface area contributed by atoms with Crippen LogP contribution >= 0.6 is 34.1 Å². The van der Waals surface area contributed by atoms with Crippen molar-refractivity contribution in [1.82, 2.24) is 14.4 Å². The SMILES string of the molecule is CC(C)(C)[C@@H](I)Cn1nnsc1=Nc1c([N+](=O)[O-])cc([N+](=O)[O-])cc1[N+](=O)[O-]. The van der Waals surface area contributed by atoms with Crippen molar-refractivity contribution in [3.8, 4) is 0 Å². The summed E-state index contributed by atoms with van der Waals surface area (Å²) in [6.07, 6.45) is 0. The molecule has 0 N–H and O–H groups in total. The van der Waals surface area contributed by atoms with Gasteiger partial charge in [-0.25, -0.2) is 9.67 Å². The number of halogens is 1. The van der Waals surface area contributed by atoms with E-state index in [4.69, 9.17) is 0 Å². The van der Waals surface area contributed by atoms with E-state index in [2.05, 4.69) is 37.3 Å². The fourth-order valence-corrected chi connectivity index (χ4v) is 2.89. The summed E-state index contributed by atoms with van der Waals surface area (Å²) in [7, 11) is 0. The van der Waals surface area contributed by atoms with Crippen LogP contribution in [-0.2, 0) is 6.54 Å². The second kappa shape index (κ2) is 8.21. The highest BCUT2D eigenvalue weighted by Crippen LogP contribution is 2.40. The van der Waals surface area contributed by atoms with Crippen molar-refractivity contribution < 1.29 is 14.8 Å². The van der Waals surface area contributed by atoms with Gasteiger partial charge in [0.05, 0.1) is 33.4 Å². The van der Waals surface area contributed by atoms with Crippen LogP contribution in [0, 0.1) is 35.8 Å². The zero-order valence-corrected chi connectivity index (χ0v) is 17.8. The molecule has 0 fully saturated rings. The largest absolute Gasteiger partial charge is 0.308 e. The highest BCUT2D eigenvalue weighted by molar-refractivity contribution is 14.1. The monoisotopic (exact) mass is 523 g/mol. The van der Waals surface area contributed by atoms with Gasteiger partial charge in [-0.05, 0) is 5.41 Å². The predicted molar refractivity (Wildman–Crippen MR) is 107 cm³/mol. The normalized spacial score (nSPS) is 13.4. The first kappa shape index (κ1) is 21.7. The number of alkyl halides is 1. The number of hydrogen-bond donors (Lipinski definition) is 0. The first-order valence-electron chi connectivity index (χ1n) is 7.61. The van der Waals surface area contributed by atoms with Crippen LogP contribution in [-0.4, -0.2) is 33.1 Å². The Morgan fingerprint density at radius 3 is 2.11 bits per heavy atom. The first-order chi connectivity index (χ1) is 12.9. The van der Waals surface area contributed by atoms with Gasteiger partial charge in [-0.2, -0.15) is 0 Å². The number of benzene rings is 1. The number of non-ortho nitro benzene ring substituents is 1. The number of aromatic nitrogens is 3. The van der Waals surface area contributed by atoms with E-state index in [1.165, 1.54) is 4.68 Å². The molecule has 1 aromatic heterocycles. The van der Waals surface area contributed by atoms with Crippen LogP contribution in [0.5, 0.6) is 0 Å². The Balaban J connectivity index is 2.70. The van der Waals surface area contributed by atoms with Crippen molar-refractivity contribution in [2.24, 2.45) is 10.4 Å². The molecular formula is C13H14IN7O6S. The van der Waals surface area contributed by atoms with E-state index in [1.54, 1.807) is 0 Å². The molecule has 0 bridgehead atoms. The molecule has 0 aliphatic rings. The average Bonchev–Trinajstić information content (AvgIpc) is 3.00. The molecule has 0 aliphatic carbocycles. The summed E-state index contributed by atoms with van der Waals surface area (Å²) in [5.74, 6) is 0. The van der Waals surface area contributed by atoms with Crippen molar-refractivity contribution >= 4 is 56.9 Å². The summed E-state index contributed by atoms with van der Waals surface area (Å²) >= 11 is 3.03. The lowest BCUT2D eigenvalue weighted by atomic mass is 9.92. The minimum atomic E-state index is -0.950. The Morgan fingerprint density at radius 2 is 1.68 bits per heavy atom. The van der Waals surface area contributed by atoms with Crippen molar-refractivity contribution in [1.29, 1.82) is 0 Å². The van der Waals surface area contributed by atoms with Crippen LogP contribution in [0.2, 0.25) is 0 Å². The molecule has 0 radical (unpaired) electrons. The van der Waals surface area contributed by atoms with E-state index in [0.29, 0.717) is 18.7 Å². The Morgan fingerprint density at radius 1 is 1.14 bits per heavy atom. The van der Waals surface area contributed by atoms with Gasteiger partial charge >= 0.3 is 11.4 Å². The summed E-state index contributed by atoms with van der Waals surface area (Å²) in [5, 5.41) is 37.6. The molecule has 1 heterocycles. The van der Waals surface area contributed by atoms with Gasteiger partial charge in [-0.1, -0.05) is 53.1 Å². The van der Waals surface area contributed by atoms with Gasteiger partial charge in [0.2, 0.25) is 10.5 Å². The Labute approximate surface area is 174 Å². The van der Waals surface area contributed by atoms with Crippen LogP contribution < -0.4 is 4.80 Å². The number of hydrogen-bond acceptors (Lipinski definition) is 10. The molecule has 28 heavy (non-hydrogen) atoms. The highest BCUT2D eigenvalue weighted by atomic mass is 127. The minimum Gasteiger partial charge on any atom is -0.258 e. The summed E-state index contributed by atoms with van der Waals surface area (Å²) in [4.78, 5) is 35.0. The molecule has 0 unspecified atom stereocenters. The van der Waals surface area contributed by atoms with Gasteiger partial charge in [0.15, 0.2) is 0 Å². The minimum absolute atomic E-state index is 0.0835. The molecule has 1 aromatic carbocycles. The molecule has 0 aliphatic heterocycles. The van der Waals surface area contributed by atoms with E-state index >= 15 is 0 Å². The Hall–Kier alpha value is -2.56. The summed E-state index contributed by atoms with van der Waals surface area (Å²) in [6.45, 7) is 6.43. The maximum atomic E-state index is 11.4. The third-order valence-electron chi connectivity index (χ3n) is 3.63. The summed E-state index contributed by atoms with van der Waals surface area (Å²) < 4.78 is 5.24. The number of nitro groups is 3. The lowest BCUT2D eigenvalue weighted by Crippen LogP contribution is -2.30. The first-order valence-corrected chi connectivity index (χ1v) is 9.63. The molecule has 1 atom stereocenters. The molecule has 15 heteroatoms. The molecule has 0 saturated carbocycles. The quantitative estimate of drug-likeness (QED) is 0.240. The van der Waals surface area contributed by atoms with Gasteiger partial charge in [-0.15, -0.1) is 0 Å². The maximum absolute atomic E-state index is 11.4. The van der Waals surface area contributed by atoms with E-state index < -0.39 is 37.5 Å². The molecule has 0 saturated heterocycles. The predicted octanol–water partition coefficient (Wildman–Crippen LogP) is 3.15. The van der Waals surface area contributed by atoms with Crippen molar-refractivity contribution in [3.63, 3.8) is 0 Å². The van der Waals surface area contributed by atoms with Crippen LogP contribution in [0.25, 0.3) is 0 Å². The Bertz CT molecular complexity index is 976. The number of rotatable bonds is 6. The van der Waals surface area contributed by atoms with Gasteiger partial charge in [-0.3, -0.25) is 30.3 Å². The second-order valence-electron chi connectivity index (χ2n) is 6.68. The fourth-order valence-electron chi connectivity index (χ4n) is 1.99.